The van der Waals surface area contributed by atoms with Crippen LogP contribution in [0.1, 0.15) is 38.2 Å². The molecule has 1 rings (SSSR count). The number of nitrogens with zero attached hydrogens (tertiary/aromatic N) is 2. The fourth-order valence-electron chi connectivity index (χ4n) is 1.46. The third kappa shape index (κ3) is 4.14. The first-order chi connectivity index (χ1) is 9.69. The summed E-state index contributed by atoms with van der Waals surface area (Å²) in [5, 5.41) is 14.0. The molecule has 0 bridgehead atoms. The van der Waals surface area contributed by atoms with Gasteiger partial charge in [0.05, 0.1) is 12.0 Å². The van der Waals surface area contributed by atoms with Crippen LogP contribution < -0.4 is 5.32 Å². The maximum absolute atomic E-state index is 11.5. The van der Waals surface area contributed by atoms with E-state index in [-0.39, 0.29) is 22.6 Å². The summed E-state index contributed by atoms with van der Waals surface area (Å²) in [6, 6.07) is 2.53. The van der Waals surface area contributed by atoms with Crippen molar-refractivity contribution in [2.45, 2.75) is 27.7 Å². The van der Waals surface area contributed by atoms with Crippen LogP contribution in [0.25, 0.3) is 0 Å². The summed E-state index contributed by atoms with van der Waals surface area (Å²) in [5.74, 6) is -0.166. The summed E-state index contributed by atoms with van der Waals surface area (Å²) in [4.78, 5) is 26.0. The van der Waals surface area contributed by atoms with Crippen molar-refractivity contribution in [1.29, 1.82) is 0 Å². The molecule has 0 aliphatic carbocycles. The number of methoxy groups -OCH3 is 1. The second-order valence-corrected chi connectivity index (χ2v) is 5.81. The lowest BCUT2D eigenvalue weighted by molar-refractivity contribution is -0.384. The number of esters is 1. The number of rotatable bonds is 6. The van der Waals surface area contributed by atoms with Gasteiger partial charge >= 0.3 is 11.7 Å². The first-order valence-corrected chi connectivity index (χ1v) is 6.66. The van der Waals surface area contributed by atoms with Gasteiger partial charge in [0.1, 0.15) is 0 Å². The van der Waals surface area contributed by atoms with Crippen molar-refractivity contribution in [1.82, 2.24) is 4.98 Å². The Labute approximate surface area is 123 Å². The summed E-state index contributed by atoms with van der Waals surface area (Å²) >= 11 is 0. The number of anilines is 1. The number of carbonyl (C=O) groups excluding carboxylic acids is 1. The summed E-state index contributed by atoms with van der Waals surface area (Å²) in [6.07, 6.45) is 0. The molecule has 0 unspecified atom stereocenters. The van der Waals surface area contributed by atoms with E-state index in [0.29, 0.717) is 12.5 Å². The predicted molar refractivity (Wildman–Crippen MR) is 79.3 cm³/mol. The van der Waals surface area contributed by atoms with Crippen molar-refractivity contribution in [3.8, 4) is 0 Å². The smallest absolute Gasteiger partial charge is 0.356 e. The van der Waals surface area contributed by atoms with E-state index in [2.05, 4.69) is 42.7 Å². The first kappa shape index (κ1) is 16.9. The molecule has 116 valence electrons. The first-order valence-electron chi connectivity index (χ1n) is 6.66. The third-order valence-electron chi connectivity index (χ3n) is 3.74. The van der Waals surface area contributed by atoms with Crippen LogP contribution >= 0.6 is 0 Å². The molecule has 7 nitrogen and oxygen atoms in total. The van der Waals surface area contributed by atoms with Gasteiger partial charge in [-0.15, -0.1) is 0 Å². The highest BCUT2D eigenvalue weighted by atomic mass is 16.6. The van der Waals surface area contributed by atoms with Gasteiger partial charge in [0, 0.05) is 12.6 Å². The molecule has 0 fully saturated rings. The van der Waals surface area contributed by atoms with Gasteiger partial charge in [0.25, 0.3) is 0 Å². The summed E-state index contributed by atoms with van der Waals surface area (Å²) in [7, 11) is 1.24. The molecule has 0 aliphatic rings. The number of hydrogen-bond donors (Lipinski definition) is 1. The standard InChI is InChI=1S/C14H21N3O4/c1-9(2)14(3,4)8-15-12-11(17(19)20)7-6-10(16-12)13(18)21-5/h6-7,9H,8H2,1-5H3,(H,15,16). The zero-order chi connectivity index (χ0) is 16.2. The van der Waals surface area contributed by atoms with Crippen LogP contribution in [0.2, 0.25) is 0 Å². The van der Waals surface area contributed by atoms with Gasteiger partial charge < -0.3 is 10.1 Å². The Balaban J connectivity index is 3.07. The maximum Gasteiger partial charge on any atom is 0.356 e. The lowest BCUT2D eigenvalue weighted by atomic mass is 9.81. The third-order valence-corrected chi connectivity index (χ3v) is 3.74. The van der Waals surface area contributed by atoms with Crippen LogP contribution in [0, 0.1) is 21.4 Å². The molecule has 1 N–H and O–H groups in total. The average molecular weight is 295 g/mol. The summed E-state index contributed by atoms with van der Waals surface area (Å²) in [6.45, 7) is 8.77. The fourth-order valence-corrected chi connectivity index (χ4v) is 1.46. The quantitative estimate of drug-likeness (QED) is 0.492. The topological polar surface area (TPSA) is 94.4 Å². The molecule has 0 aliphatic heterocycles. The molecule has 0 amide bonds. The van der Waals surface area contributed by atoms with Crippen molar-refractivity contribution in [2.75, 3.05) is 19.0 Å². The van der Waals surface area contributed by atoms with E-state index in [1.165, 1.54) is 19.2 Å². The summed E-state index contributed by atoms with van der Waals surface area (Å²) < 4.78 is 4.58. The molecule has 1 aromatic heterocycles. The van der Waals surface area contributed by atoms with Gasteiger partial charge in [-0.3, -0.25) is 10.1 Å². The SMILES string of the molecule is COC(=O)c1ccc([N+](=O)[O-])c(NCC(C)(C)C(C)C)n1. The monoisotopic (exact) mass is 295 g/mol. The zero-order valence-electron chi connectivity index (χ0n) is 13.0. The number of hydrogen-bond acceptors (Lipinski definition) is 6. The molecule has 0 saturated heterocycles. The highest BCUT2D eigenvalue weighted by Crippen LogP contribution is 2.28. The van der Waals surface area contributed by atoms with Crippen LogP contribution in [-0.4, -0.2) is 29.5 Å². The van der Waals surface area contributed by atoms with E-state index in [4.69, 9.17) is 0 Å². The van der Waals surface area contributed by atoms with Crippen molar-refractivity contribution in [3.05, 3.63) is 27.9 Å². The van der Waals surface area contributed by atoms with Gasteiger partial charge in [-0.05, 0) is 17.4 Å². The normalized spacial score (nSPS) is 11.3. The lowest BCUT2D eigenvalue weighted by Gasteiger charge is -2.29. The van der Waals surface area contributed by atoms with Crippen LogP contribution in [-0.2, 0) is 4.74 Å². The van der Waals surface area contributed by atoms with E-state index in [0.717, 1.165) is 0 Å². The zero-order valence-corrected chi connectivity index (χ0v) is 13.0. The van der Waals surface area contributed by atoms with E-state index >= 15 is 0 Å². The van der Waals surface area contributed by atoms with Gasteiger partial charge in [-0.1, -0.05) is 27.7 Å². The van der Waals surface area contributed by atoms with Gasteiger partial charge in [0.2, 0.25) is 5.82 Å². The predicted octanol–water partition coefficient (Wildman–Crippen LogP) is 2.87. The maximum atomic E-state index is 11.5. The van der Waals surface area contributed by atoms with Crippen molar-refractivity contribution >= 4 is 17.5 Å². The fraction of sp³-hybridized carbons (Fsp3) is 0.571. The highest BCUT2D eigenvalue weighted by Gasteiger charge is 2.25. The number of ether oxygens (including phenoxy) is 1. The van der Waals surface area contributed by atoms with Crippen LogP contribution in [0.15, 0.2) is 12.1 Å². The van der Waals surface area contributed by atoms with Crippen molar-refractivity contribution < 1.29 is 14.5 Å². The van der Waals surface area contributed by atoms with E-state index < -0.39 is 10.9 Å². The van der Waals surface area contributed by atoms with Gasteiger partial charge in [-0.25, -0.2) is 9.78 Å². The molecular weight excluding hydrogens is 274 g/mol. The van der Waals surface area contributed by atoms with E-state index in [9.17, 15) is 14.9 Å². The molecule has 1 heterocycles. The molecule has 7 heteroatoms. The number of nitro groups is 1. The minimum absolute atomic E-state index is 0.0351. The Morgan fingerprint density at radius 2 is 2.10 bits per heavy atom. The summed E-state index contributed by atoms with van der Waals surface area (Å²) in [5.41, 5.74) is -0.202. The van der Waals surface area contributed by atoms with Crippen LogP contribution in [0.4, 0.5) is 11.5 Å². The molecule has 1 aromatic rings. The van der Waals surface area contributed by atoms with E-state index in [1.54, 1.807) is 0 Å². The number of carbonyl (C=O) groups is 1. The second kappa shape index (κ2) is 6.51. The lowest BCUT2D eigenvalue weighted by Crippen LogP contribution is -2.29. The van der Waals surface area contributed by atoms with Crippen LogP contribution in [0.5, 0.6) is 0 Å². The highest BCUT2D eigenvalue weighted by molar-refractivity contribution is 5.88. The average Bonchev–Trinajstić information content (AvgIpc) is 2.43. The van der Waals surface area contributed by atoms with Crippen molar-refractivity contribution in [2.24, 2.45) is 11.3 Å². The number of pyridine rings is 1. The van der Waals surface area contributed by atoms with Gasteiger partial charge in [0.15, 0.2) is 5.69 Å². The molecule has 0 spiro atoms. The van der Waals surface area contributed by atoms with Crippen molar-refractivity contribution in [3.63, 3.8) is 0 Å². The Bertz CT molecular complexity index is 541. The van der Waals surface area contributed by atoms with Crippen LogP contribution in [0.3, 0.4) is 0 Å². The number of aromatic nitrogens is 1. The minimum atomic E-state index is -0.629. The number of nitrogens with one attached hydrogen (secondary N) is 1. The Kier molecular flexibility index (Phi) is 5.23. The molecule has 0 saturated carbocycles. The Hall–Kier alpha value is -2.18. The molecular formula is C14H21N3O4. The Morgan fingerprint density at radius 3 is 2.57 bits per heavy atom. The molecule has 0 atom stereocenters. The Morgan fingerprint density at radius 1 is 1.48 bits per heavy atom. The largest absolute Gasteiger partial charge is 0.464 e. The van der Waals surface area contributed by atoms with Gasteiger partial charge in [-0.2, -0.15) is 0 Å². The molecule has 0 radical (unpaired) electrons. The molecule has 0 aromatic carbocycles. The second-order valence-electron chi connectivity index (χ2n) is 5.81. The molecule has 21 heavy (non-hydrogen) atoms. The minimum Gasteiger partial charge on any atom is -0.464 e. The van der Waals surface area contributed by atoms with E-state index in [1.807, 2.05) is 0 Å².